The highest BCUT2D eigenvalue weighted by atomic mass is 19.2. The average Bonchev–Trinajstić information content (AvgIpc) is 2.32. The molecule has 6 heteroatoms. The maximum atomic E-state index is 12.9. The lowest BCUT2D eigenvalue weighted by Crippen LogP contribution is -2.36. The van der Waals surface area contributed by atoms with Gasteiger partial charge in [-0.1, -0.05) is 0 Å². The van der Waals surface area contributed by atoms with Crippen LogP contribution < -0.4 is 5.32 Å². The SMILES string of the molecule is CNC(=O)CN(C)CC(=O)c1ccc(F)c(F)c1. The molecular weight excluding hydrogens is 242 g/mol. The Labute approximate surface area is 104 Å². The average molecular weight is 256 g/mol. The summed E-state index contributed by atoms with van der Waals surface area (Å²) in [5, 5.41) is 2.42. The van der Waals surface area contributed by atoms with Gasteiger partial charge in [0.05, 0.1) is 13.1 Å². The van der Waals surface area contributed by atoms with E-state index in [0.29, 0.717) is 0 Å². The minimum atomic E-state index is -1.06. The maximum Gasteiger partial charge on any atom is 0.233 e. The quantitative estimate of drug-likeness (QED) is 0.794. The zero-order valence-electron chi connectivity index (χ0n) is 10.2. The Morgan fingerprint density at radius 1 is 1.22 bits per heavy atom. The molecule has 0 unspecified atom stereocenters. The minimum Gasteiger partial charge on any atom is -0.358 e. The van der Waals surface area contributed by atoms with Crippen molar-refractivity contribution in [3.8, 4) is 0 Å². The Kier molecular flexibility index (Phi) is 4.91. The molecular formula is C12H14F2N2O2. The van der Waals surface area contributed by atoms with Crippen molar-refractivity contribution in [1.82, 2.24) is 10.2 Å². The van der Waals surface area contributed by atoms with E-state index in [1.165, 1.54) is 18.0 Å². The van der Waals surface area contributed by atoms with Gasteiger partial charge in [-0.3, -0.25) is 14.5 Å². The molecule has 98 valence electrons. The first-order valence-electron chi connectivity index (χ1n) is 5.31. The Balaban J connectivity index is 2.64. The van der Waals surface area contributed by atoms with Gasteiger partial charge in [-0.15, -0.1) is 0 Å². The van der Waals surface area contributed by atoms with Crippen molar-refractivity contribution < 1.29 is 18.4 Å². The van der Waals surface area contributed by atoms with Gasteiger partial charge in [-0.2, -0.15) is 0 Å². The number of amides is 1. The fourth-order valence-corrected chi connectivity index (χ4v) is 1.39. The summed E-state index contributed by atoms with van der Waals surface area (Å²) in [6.07, 6.45) is 0. The Bertz CT molecular complexity index is 463. The molecule has 4 nitrogen and oxygen atoms in total. The number of halogens is 2. The zero-order chi connectivity index (χ0) is 13.7. The summed E-state index contributed by atoms with van der Waals surface area (Å²) in [4.78, 5) is 24.3. The summed E-state index contributed by atoms with van der Waals surface area (Å²) >= 11 is 0. The van der Waals surface area contributed by atoms with Crippen LogP contribution in [0.25, 0.3) is 0 Å². The number of hydrogen-bond donors (Lipinski definition) is 1. The van der Waals surface area contributed by atoms with Crippen molar-refractivity contribution in [1.29, 1.82) is 0 Å². The molecule has 0 spiro atoms. The van der Waals surface area contributed by atoms with Crippen LogP contribution in [0.1, 0.15) is 10.4 Å². The fraction of sp³-hybridized carbons (Fsp3) is 0.333. The monoisotopic (exact) mass is 256 g/mol. The Hall–Kier alpha value is -1.82. The second-order valence-electron chi connectivity index (χ2n) is 3.90. The lowest BCUT2D eigenvalue weighted by Gasteiger charge is -2.14. The molecule has 0 aromatic heterocycles. The third-order valence-corrected chi connectivity index (χ3v) is 2.35. The standard InChI is InChI=1S/C12H14F2N2O2/c1-15-12(18)7-16(2)6-11(17)8-3-4-9(13)10(14)5-8/h3-5H,6-7H2,1-2H3,(H,15,18). The number of nitrogens with zero attached hydrogens (tertiary/aromatic N) is 1. The van der Waals surface area contributed by atoms with Gasteiger partial charge >= 0.3 is 0 Å². The summed E-state index contributed by atoms with van der Waals surface area (Å²) < 4.78 is 25.6. The van der Waals surface area contributed by atoms with Gasteiger partial charge in [0.15, 0.2) is 17.4 Å². The molecule has 0 radical (unpaired) electrons. The number of benzene rings is 1. The van der Waals surface area contributed by atoms with E-state index in [-0.39, 0.29) is 30.3 Å². The highest BCUT2D eigenvalue weighted by Gasteiger charge is 2.13. The molecule has 0 bridgehead atoms. The molecule has 1 N–H and O–H groups in total. The predicted octanol–water partition coefficient (Wildman–Crippen LogP) is 0.825. The first-order chi connectivity index (χ1) is 8.43. The molecule has 1 amide bonds. The van der Waals surface area contributed by atoms with Crippen LogP contribution in [0.15, 0.2) is 18.2 Å². The molecule has 18 heavy (non-hydrogen) atoms. The summed E-state index contributed by atoms with van der Waals surface area (Å²) in [6.45, 7) is 0.0183. The lowest BCUT2D eigenvalue weighted by atomic mass is 10.1. The Morgan fingerprint density at radius 3 is 2.44 bits per heavy atom. The number of nitrogens with one attached hydrogen (secondary N) is 1. The van der Waals surface area contributed by atoms with Gasteiger partial charge in [-0.05, 0) is 25.2 Å². The molecule has 0 aliphatic carbocycles. The van der Waals surface area contributed by atoms with E-state index >= 15 is 0 Å². The number of hydrogen-bond acceptors (Lipinski definition) is 3. The van der Waals surface area contributed by atoms with Crippen LogP contribution in [0.3, 0.4) is 0 Å². The highest BCUT2D eigenvalue weighted by molar-refractivity contribution is 5.97. The topological polar surface area (TPSA) is 49.4 Å². The van der Waals surface area contributed by atoms with Crippen LogP contribution >= 0.6 is 0 Å². The predicted molar refractivity (Wildman–Crippen MR) is 62.3 cm³/mol. The molecule has 0 aliphatic heterocycles. The lowest BCUT2D eigenvalue weighted by molar-refractivity contribution is -0.121. The van der Waals surface area contributed by atoms with E-state index in [9.17, 15) is 18.4 Å². The van der Waals surface area contributed by atoms with Gasteiger partial charge < -0.3 is 5.32 Å². The fourth-order valence-electron chi connectivity index (χ4n) is 1.39. The van der Waals surface area contributed by atoms with Crippen LogP contribution in [-0.2, 0) is 4.79 Å². The smallest absolute Gasteiger partial charge is 0.233 e. The molecule has 0 heterocycles. The van der Waals surface area contributed by atoms with Gasteiger partial charge in [-0.25, -0.2) is 8.78 Å². The normalized spacial score (nSPS) is 10.5. The van der Waals surface area contributed by atoms with Crippen molar-refractivity contribution in [2.75, 3.05) is 27.2 Å². The van der Waals surface area contributed by atoms with Gasteiger partial charge in [0.1, 0.15) is 0 Å². The third-order valence-electron chi connectivity index (χ3n) is 2.35. The highest BCUT2D eigenvalue weighted by Crippen LogP contribution is 2.09. The van der Waals surface area contributed by atoms with E-state index in [0.717, 1.165) is 12.1 Å². The number of Topliss-reactive ketones (excluding diaryl/α,β-unsaturated/α-hetero) is 1. The van der Waals surface area contributed by atoms with E-state index in [4.69, 9.17) is 0 Å². The van der Waals surface area contributed by atoms with E-state index in [1.54, 1.807) is 7.05 Å². The second kappa shape index (κ2) is 6.20. The summed E-state index contributed by atoms with van der Waals surface area (Å²) in [5.74, 6) is -2.66. The minimum absolute atomic E-state index is 0.0432. The van der Waals surface area contributed by atoms with Gasteiger partial charge in [0.25, 0.3) is 0 Å². The van der Waals surface area contributed by atoms with Crippen LogP contribution in [0.5, 0.6) is 0 Å². The molecule has 0 aliphatic rings. The summed E-state index contributed by atoms with van der Waals surface area (Å²) in [7, 11) is 3.08. The molecule has 1 rings (SSSR count). The van der Waals surface area contributed by atoms with Gasteiger partial charge in [0.2, 0.25) is 5.91 Å². The van der Waals surface area contributed by atoms with Crippen molar-refractivity contribution in [3.05, 3.63) is 35.4 Å². The summed E-state index contributed by atoms with van der Waals surface area (Å²) in [6, 6.07) is 2.97. The largest absolute Gasteiger partial charge is 0.358 e. The molecule has 1 aromatic carbocycles. The number of carbonyl (C=O) groups is 2. The molecule has 0 saturated carbocycles. The summed E-state index contributed by atoms with van der Waals surface area (Å²) in [5.41, 5.74) is 0.0812. The molecule has 0 atom stereocenters. The van der Waals surface area contributed by atoms with Crippen molar-refractivity contribution >= 4 is 11.7 Å². The molecule has 1 aromatic rings. The van der Waals surface area contributed by atoms with Crippen LogP contribution in [0.4, 0.5) is 8.78 Å². The second-order valence-corrected chi connectivity index (χ2v) is 3.90. The van der Waals surface area contributed by atoms with Crippen molar-refractivity contribution in [2.24, 2.45) is 0 Å². The Morgan fingerprint density at radius 2 is 1.89 bits per heavy atom. The van der Waals surface area contributed by atoms with E-state index in [2.05, 4.69) is 5.32 Å². The van der Waals surface area contributed by atoms with Crippen molar-refractivity contribution in [3.63, 3.8) is 0 Å². The zero-order valence-corrected chi connectivity index (χ0v) is 10.2. The first kappa shape index (κ1) is 14.2. The van der Waals surface area contributed by atoms with Crippen LogP contribution in [0, 0.1) is 11.6 Å². The third kappa shape index (κ3) is 3.89. The molecule has 0 fully saturated rings. The number of ketones is 1. The van der Waals surface area contributed by atoms with Crippen LogP contribution in [0.2, 0.25) is 0 Å². The van der Waals surface area contributed by atoms with E-state index < -0.39 is 11.6 Å². The van der Waals surface area contributed by atoms with Crippen LogP contribution in [-0.4, -0.2) is 43.8 Å². The number of rotatable bonds is 5. The number of likely N-dealkylation sites (N-methyl/N-ethyl adjacent to an activating group) is 2. The number of carbonyl (C=O) groups excluding carboxylic acids is 2. The maximum absolute atomic E-state index is 12.9. The van der Waals surface area contributed by atoms with Crippen molar-refractivity contribution in [2.45, 2.75) is 0 Å². The van der Waals surface area contributed by atoms with Gasteiger partial charge in [0, 0.05) is 12.6 Å². The molecule has 0 saturated heterocycles. The first-order valence-corrected chi connectivity index (χ1v) is 5.31. The van der Waals surface area contributed by atoms with E-state index in [1.807, 2.05) is 0 Å².